The average Bonchev–Trinajstić information content (AvgIpc) is 2.36. The van der Waals surface area contributed by atoms with Crippen molar-refractivity contribution in [2.75, 3.05) is 11.9 Å². The summed E-state index contributed by atoms with van der Waals surface area (Å²) in [7, 11) is 1.62. The van der Waals surface area contributed by atoms with Gasteiger partial charge in [-0.15, -0.1) is 0 Å². The molecule has 4 nitrogen and oxygen atoms in total. The van der Waals surface area contributed by atoms with E-state index in [1.54, 1.807) is 7.05 Å². The molecule has 0 aliphatic carbocycles. The van der Waals surface area contributed by atoms with Crippen LogP contribution in [0.4, 0.5) is 10.5 Å². The maximum absolute atomic E-state index is 12.1. The number of para-hydroxylation sites is 1. The minimum atomic E-state index is -0.557. The maximum Gasteiger partial charge on any atom is 0.414 e. The van der Waals surface area contributed by atoms with E-state index >= 15 is 0 Å². The molecule has 112 valence electrons. The van der Waals surface area contributed by atoms with Crippen LogP contribution in [0.1, 0.15) is 26.3 Å². The number of amides is 1. The zero-order valence-corrected chi connectivity index (χ0v) is 13.7. The molecule has 1 aromatic carbocycles. The molecule has 0 N–H and O–H groups in total. The Hall–Kier alpha value is -1.81. The highest BCUT2D eigenvalue weighted by molar-refractivity contribution is 6.33. The molecule has 1 heterocycles. The molecule has 0 radical (unpaired) electrons. The lowest BCUT2D eigenvalue weighted by atomic mass is 10.1. The van der Waals surface area contributed by atoms with Gasteiger partial charge in [0.2, 0.25) is 0 Å². The highest BCUT2D eigenvalue weighted by Crippen LogP contribution is 2.29. The molecule has 5 heteroatoms. The summed E-state index contributed by atoms with van der Waals surface area (Å²) in [6.45, 7) is 7.44. The standard InChI is InChI=1S/C16H19ClN2O2/c1-10-7-6-8-11-9-12(14(17)18-13(10)11)19(5)15(20)21-16(2,3)4/h6-9H,1-5H3. The van der Waals surface area contributed by atoms with Gasteiger partial charge in [-0.1, -0.05) is 29.8 Å². The molecular formula is C16H19ClN2O2. The van der Waals surface area contributed by atoms with E-state index in [1.165, 1.54) is 4.90 Å². The summed E-state index contributed by atoms with van der Waals surface area (Å²) in [4.78, 5) is 17.9. The van der Waals surface area contributed by atoms with E-state index < -0.39 is 11.7 Å². The molecule has 0 unspecified atom stereocenters. The predicted molar refractivity (Wildman–Crippen MR) is 86.1 cm³/mol. The number of carbonyl (C=O) groups excluding carboxylic acids is 1. The fraction of sp³-hybridized carbons (Fsp3) is 0.375. The van der Waals surface area contributed by atoms with Crippen molar-refractivity contribution in [1.82, 2.24) is 4.98 Å². The number of aryl methyl sites for hydroxylation is 1. The van der Waals surface area contributed by atoms with Crippen molar-refractivity contribution in [1.29, 1.82) is 0 Å². The molecule has 0 saturated carbocycles. The van der Waals surface area contributed by atoms with Gasteiger partial charge in [0.1, 0.15) is 5.60 Å². The van der Waals surface area contributed by atoms with E-state index in [4.69, 9.17) is 16.3 Å². The number of hydrogen-bond acceptors (Lipinski definition) is 3. The summed E-state index contributed by atoms with van der Waals surface area (Å²) in [6.07, 6.45) is -0.460. The molecule has 0 bridgehead atoms. The first-order valence-electron chi connectivity index (χ1n) is 6.71. The summed E-state index contributed by atoms with van der Waals surface area (Å²) in [5.41, 5.74) is 1.85. The van der Waals surface area contributed by atoms with Crippen molar-refractivity contribution in [3.05, 3.63) is 35.0 Å². The van der Waals surface area contributed by atoms with Crippen LogP contribution < -0.4 is 4.90 Å². The maximum atomic E-state index is 12.1. The number of anilines is 1. The van der Waals surface area contributed by atoms with Crippen LogP contribution in [0, 0.1) is 6.92 Å². The van der Waals surface area contributed by atoms with Crippen molar-refractivity contribution in [2.45, 2.75) is 33.3 Å². The van der Waals surface area contributed by atoms with E-state index in [2.05, 4.69) is 4.98 Å². The molecule has 0 spiro atoms. The lowest BCUT2D eigenvalue weighted by Crippen LogP contribution is -2.34. The second-order valence-electron chi connectivity index (χ2n) is 5.98. The van der Waals surface area contributed by atoms with Gasteiger partial charge in [-0.05, 0) is 39.3 Å². The van der Waals surface area contributed by atoms with Gasteiger partial charge >= 0.3 is 6.09 Å². The Morgan fingerprint density at radius 3 is 2.62 bits per heavy atom. The number of pyridine rings is 1. The third kappa shape index (κ3) is 3.45. The zero-order chi connectivity index (χ0) is 15.8. The van der Waals surface area contributed by atoms with E-state index in [1.807, 2.05) is 52.0 Å². The number of halogens is 1. The number of carbonyl (C=O) groups is 1. The third-order valence-electron chi connectivity index (χ3n) is 3.01. The first-order valence-corrected chi connectivity index (χ1v) is 7.09. The van der Waals surface area contributed by atoms with Crippen LogP contribution in [0.15, 0.2) is 24.3 Å². The number of nitrogens with zero attached hydrogens (tertiary/aromatic N) is 2. The fourth-order valence-corrected chi connectivity index (χ4v) is 2.24. The predicted octanol–water partition coefficient (Wildman–Crippen LogP) is 4.57. The molecule has 0 aliphatic heterocycles. The Morgan fingerprint density at radius 1 is 1.33 bits per heavy atom. The van der Waals surface area contributed by atoms with Gasteiger partial charge < -0.3 is 4.74 Å². The SMILES string of the molecule is Cc1cccc2cc(N(C)C(=O)OC(C)(C)C)c(Cl)nc12. The van der Waals surface area contributed by atoms with Crippen molar-refractivity contribution < 1.29 is 9.53 Å². The van der Waals surface area contributed by atoms with Gasteiger partial charge in [-0.3, -0.25) is 4.90 Å². The minimum Gasteiger partial charge on any atom is -0.443 e. The monoisotopic (exact) mass is 306 g/mol. The minimum absolute atomic E-state index is 0.283. The van der Waals surface area contributed by atoms with Crippen LogP contribution >= 0.6 is 11.6 Å². The van der Waals surface area contributed by atoms with Crippen LogP contribution in [-0.4, -0.2) is 23.7 Å². The number of hydrogen-bond donors (Lipinski definition) is 0. The molecule has 0 atom stereocenters. The van der Waals surface area contributed by atoms with Gasteiger partial charge in [-0.2, -0.15) is 0 Å². The van der Waals surface area contributed by atoms with Gasteiger partial charge in [0.05, 0.1) is 11.2 Å². The van der Waals surface area contributed by atoms with Crippen LogP contribution in [0.2, 0.25) is 5.15 Å². The number of rotatable bonds is 1. The van der Waals surface area contributed by atoms with E-state index in [9.17, 15) is 4.79 Å². The molecule has 0 saturated heterocycles. The Kier molecular flexibility index (Phi) is 4.10. The Bertz CT molecular complexity index is 692. The summed E-state index contributed by atoms with van der Waals surface area (Å²) in [5, 5.41) is 1.22. The highest BCUT2D eigenvalue weighted by Gasteiger charge is 2.22. The smallest absolute Gasteiger partial charge is 0.414 e. The van der Waals surface area contributed by atoms with Gasteiger partial charge in [0, 0.05) is 12.4 Å². The van der Waals surface area contributed by atoms with Crippen molar-refractivity contribution in [3.8, 4) is 0 Å². The summed E-state index contributed by atoms with van der Waals surface area (Å²) in [6, 6.07) is 7.72. The first-order chi connectivity index (χ1) is 9.69. The summed E-state index contributed by atoms with van der Waals surface area (Å²) < 4.78 is 5.35. The van der Waals surface area contributed by atoms with Crippen LogP contribution in [0.25, 0.3) is 10.9 Å². The zero-order valence-electron chi connectivity index (χ0n) is 12.9. The second kappa shape index (κ2) is 5.53. The van der Waals surface area contributed by atoms with Crippen LogP contribution in [0.3, 0.4) is 0 Å². The van der Waals surface area contributed by atoms with Crippen molar-refractivity contribution >= 4 is 34.3 Å². The lowest BCUT2D eigenvalue weighted by Gasteiger charge is -2.25. The van der Waals surface area contributed by atoms with Gasteiger partial charge in [-0.25, -0.2) is 9.78 Å². The van der Waals surface area contributed by atoms with E-state index in [0.29, 0.717) is 5.69 Å². The third-order valence-corrected chi connectivity index (χ3v) is 3.29. The quantitative estimate of drug-likeness (QED) is 0.725. The first kappa shape index (κ1) is 15.6. The van der Waals surface area contributed by atoms with Crippen LogP contribution in [-0.2, 0) is 4.74 Å². The molecule has 1 amide bonds. The molecule has 1 aromatic heterocycles. The van der Waals surface area contributed by atoms with E-state index in [0.717, 1.165) is 16.5 Å². The Balaban J connectivity index is 2.42. The molecular weight excluding hydrogens is 288 g/mol. The van der Waals surface area contributed by atoms with Gasteiger partial charge in [0.15, 0.2) is 5.15 Å². The average molecular weight is 307 g/mol. The van der Waals surface area contributed by atoms with Crippen molar-refractivity contribution in [3.63, 3.8) is 0 Å². The largest absolute Gasteiger partial charge is 0.443 e. The number of fused-ring (bicyclic) bond motifs is 1. The number of aromatic nitrogens is 1. The topological polar surface area (TPSA) is 42.4 Å². The molecule has 2 rings (SSSR count). The number of benzene rings is 1. The second-order valence-corrected chi connectivity index (χ2v) is 6.34. The summed E-state index contributed by atoms with van der Waals surface area (Å²) >= 11 is 6.22. The normalized spacial score (nSPS) is 11.5. The van der Waals surface area contributed by atoms with Crippen molar-refractivity contribution in [2.24, 2.45) is 0 Å². The Labute approximate surface area is 129 Å². The van der Waals surface area contributed by atoms with E-state index in [-0.39, 0.29) is 5.15 Å². The molecule has 0 aliphatic rings. The Morgan fingerprint density at radius 2 is 2.00 bits per heavy atom. The molecule has 2 aromatic rings. The fourth-order valence-electron chi connectivity index (χ4n) is 1.98. The van der Waals surface area contributed by atoms with Crippen LogP contribution in [0.5, 0.6) is 0 Å². The highest BCUT2D eigenvalue weighted by atomic mass is 35.5. The summed E-state index contributed by atoms with van der Waals surface area (Å²) in [5.74, 6) is 0. The number of ether oxygens (including phenoxy) is 1. The molecule has 0 fully saturated rings. The lowest BCUT2D eigenvalue weighted by molar-refractivity contribution is 0.0589. The molecule has 21 heavy (non-hydrogen) atoms. The van der Waals surface area contributed by atoms with Gasteiger partial charge in [0.25, 0.3) is 0 Å².